The Bertz CT molecular complexity index is 912. The molecule has 2 aromatic carbocycles. The first-order valence-corrected chi connectivity index (χ1v) is 8.15. The Morgan fingerprint density at radius 2 is 1.84 bits per heavy atom. The first-order chi connectivity index (χ1) is 12.0. The number of nitrogens with one attached hydrogen (secondary N) is 1. The molecule has 128 valence electrons. The molecule has 3 rings (SSSR count). The van der Waals surface area contributed by atoms with Gasteiger partial charge >= 0.3 is 0 Å². The topological polar surface area (TPSA) is 50.2 Å². The van der Waals surface area contributed by atoms with Gasteiger partial charge in [0.05, 0.1) is 17.4 Å². The molecule has 0 bridgehead atoms. The van der Waals surface area contributed by atoms with E-state index < -0.39 is 0 Å². The lowest BCUT2D eigenvalue weighted by atomic mass is 10.1. The highest BCUT2D eigenvalue weighted by molar-refractivity contribution is 6.04. The number of rotatable bonds is 4. The summed E-state index contributed by atoms with van der Waals surface area (Å²) in [6, 6.07) is 13.8. The van der Waals surface area contributed by atoms with Crippen LogP contribution in [0.3, 0.4) is 0 Å². The SMILES string of the molecule is Cc1cc(NC(=O)c2cnn(-c3ccccc3C)c2)ccc1N(C)C. The largest absolute Gasteiger partial charge is 0.377 e. The molecule has 5 heteroatoms. The highest BCUT2D eigenvalue weighted by atomic mass is 16.1. The van der Waals surface area contributed by atoms with Crippen molar-refractivity contribution < 1.29 is 4.79 Å². The second-order valence-corrected chi connectivity index (χ2v) is 6.31. The van der Waals surface area contributed by atoms with Crippen molar-refractivity contribution in [2.45, 2.75) is 13.8 Å². The summed E-state index contributed by atoms with van der Waals surface area (Å²) in [4.78, 5) is 14.5. The van der Waals surface area contributed by atoms with Crippen molar-refractivity contribution in [3.63, 3.8) is 0 Å². The minimum absolute atomic E-state index is 0.170. The summed E-state index contributed by atoms with van der Waals surface area (Å²) in [5.41, 5.74) is 5.61. The summed E-state index contributed by atoms with van der Waals surface area (Å²) in [6.07, 6.45) is 3.33. The molecule has 25 heavy (non-hydrogen) atoms. The zero-order valence-electron chi connectivity index (χ0n) is 14.9. The van der Waals surface area contributed by atoms with E-state index in [4.69, 9.17) is 0 Å². The summed E-state index contributed by atoms with van der Waals surface area (Å²) in [5, 5.41) is 7.25. The highest BCUT2D eigenvalue weighted by Gasteiger charge is 2.11. The Hall–Kier alpha value is -3.08. The van der Waals surface area contributed by atoms with E-state index in [0.29, 0.717) is 5.56 Å². The number of aromatic nitrogens is 2. The molecular weight excluding hydrogens is 312 g/mol. The average Bonchev–Trinajstić information content (AvgIpc) is 3.05. The van der Waals surface area contributed by atoms with Gasteiger partial charge in [0, 0.05) is 31.7 Å². The molecule has 0 aliphatic carbocycles. The summed E-state index contributed by atoms with van der Waals surface area (Å²) >= 11 is 0. The molecule has 3 aromatic rings. The van der Waals surface area contributed by atoms with E-state index in [1.165, 1.54) is 0 Å². The van der Waals surface area contributed by atoms with Crippen molar-refractivity contribution in [3.8, 4) is 5.69 Å². The van der Waals surface area contributed by atoms with Crippen LogP contribution >= 0.6 is 0 Å². The molecule has 5 nitrogen and oxygen atoms in total. The molecule has 1 amide bonds. The Morgan fingerprint density at radius 3 is 2.52 bits per heavy atom. The van der Waals surface area contributed by atoms with Gasteiger partial charge in [-0.3, -0.25) is 4.79 Å². The van der Waals surface area contributed by atoms with Gasteiger partial charge < -0.3 is 10.2 Å². The molecule has 0 saturated carbocycles. The maximum atomic E-state index is 12.5. The van der Waals surface area contributed by atoms with E-state index >= 15 is 0 Å². The number of benzene rings is 2. The standard InChI is InChI=1S/C20H22N4O/c1-14-7-5-6-8-19(14)24-13-16(12-21-24)20(25)22-17-9-10-18(23(3)4)15(2)11-17/h5-13H,1-4H3,(H,22,25). The Balaban J connectivity index is 1.79. The molecule has 0 atom stereocenters. The highest BCUT2D eigenvalue weighted by Crippen LogP contribution is 2.22. The summed E-state index contributed by atoms with van der Waals surface area (Å²) in [7, 11) is 4.00. The second kappa shape index (κ2) is 6.81. The van der Waals surface area contributed by atoms with Crippen LogP contribution in [0.1, 0.15) is 21.5 Å². The number of carbonyl (C=O) groups is 1. The minimum Gasteiger partial charge on any atom is -0.377 e. The van der Waals surface area contributed by atoms with Crippen LogP contribution in [0.4, 0.5) is 11.4 Å². The van der Waals surface area contributed by atoms with Gasteiger partial charge in [-0.25, -0.2) is 4.68 Å². The quantitative estimate of drug-likeness (QED) is 0.789. The minimum atomic E-state index is -0.170. The molecular formula is C20H22N4O. The molecule has 0 aliphatic heterocycles. The lowest BCUT2D eigenvalue weighted by Gasteiger charge is -2.16. The molecule has 1 aromatic heterocycles. The van der Waals surface area contributed by atoms with Crippen molar-refractivity contribution in [3.05, 3.63) is 71.5 Å². The van der Waals surface area contributed by atoms with Crippen LogP contribution in [0, 0.1) is 13.8 Å². The molecule has 0 unspecified atom stereocenters. The number of para-hydroxylation sites is 1. The van der Waals surface area contributed by atoms with Gasteiger partial charge in [-0.1, -0.05) is 18.2 Å². The number of anilines is 2. The zero-order chi connectivity index (χ0) is 18.0. The fourth-order valence-corrected chi connectivity index (χ4v) is 2.83. The third-order valence-corrected chi connectivity index (χ3v) is 4.14. The molecule has 0 spiro atoms. The van der Waals surface area contributed by atoms with Gasteiger partial charge in [-0.2, -0.15) is 5.10 Å². The third kappa shape index (κ3) is 3.55. The van der Waals surface area contributed by atoms with Crippen LogP contribution in [0.5, 0.6) is 0 Å². The van der Waals surface area contributed by atoms with Crippen LogP contribution in [0.25, 0.3) is 5.69 Å². The van der Waals surface area contributed by atoms with Crippen LogP contribution in [0.15, 0.2) is 54.9 Å². The third-order valence-electron chi connectivity index (χ3n) is 4.14. The molecule has 0 saturated heterocycles. The van der Waals surface area contributed by atoms with Gasteiger partial charge in [0.25, 0.3) is 5.91 Å². The van der Waals surface area contributed by atoms with Crippen molar-refractivity contribution >= 4 is 17.3 Å². The van der Waals surface area contributed by atoms with Crippen LogP contribution < -0.4 is 10.2 Å². The first-order valence-electron chi connectivity index (χ1n) is 8.15. The fourth-order valence-electron chi connectivity index (χ4n) is 2.83. The normalized spacial score (nSPS) is 10.6. The number of carbonyl (C=O) groups excluding carboxylic acids is 1. The number of aryl methyl sites for hydroxylation is 2. The molecule has 0 aliphatic rings. The van der Waals surface area contributed by atoms with E-state index in [1.54, 1.807) is 17.1 Å². The van der Waals surface area contributed by atoms with Gasteiger partial charge in [0.1, 0.15) is 0 Å². The smallest absolute Gasteiger partial charge is 0.258 e. The summed E-state index contributed by atoms with van der Waals surface area (Å²) < 4.78 is 1.73. The van der Waals surface area contributed by atoms with E-state index in [1.807, 2.05) is 75.3 Å². The van der Waals surface area contributed by atoms with E-state index in [9.17, 15) is 4.79 Å². The molecule has 0 radical (unpaired) electrons. The number of hydrogen-bond donors (Lipinski definition) is 1. The van der Waals surface area contributed by atoms with Gasteiger partial charge in [0.2, 0.25) is 0 Å². The monoisotopic (exact) mass is 334 g/mol. The lowest BCUT2D eigenvalue weighted by Crippen LogP contribution is -2.13. The van der Waals surface area contributed by atoms with Crippen molar-refractivity contribution in [2.24, 2.45) is 0 Å². The number of hydrogen-bond acceptors (Lipinski definition) is 3. The van der Waals surface area contributed by atoms with E-state index in [-0.39, 0.29) is 5.91 Å². The van der Waals surface area contributed by atoms with Crippen molar-refractivity contribution in [1.82, 2.24) is 9.78 Å². The van der Waals surface area contributed by atoms with Crippen LogP contribution in [-0.2, 0) is 0 Å². The second-order valence-electron chi connectivity index (χ2n) is 6.31. The van der Waals surface area contributed by atoms with Crippen molar-refractivity contribution in [1.29, 1.82) is 0 Å². The Morgan fingerprint density at radius 1 is 1.08 bits per heavy atom. The predicted octanol–water partition coefficient (Wildman–Crippen LogP) is 3.81. The number of nitrogens with zero attached hydrogens (tertiary/aromatic N) is 3. The maximum absolute atomic E-state index is 12.5. The van der Waals surface area contributed by atoms with Gasteiger partial charge in [-0.05, 0) is 49.2 Å². The summed E-state index contributed by atoms with van der Waals surface area (Å²) in [6.45, 7) is 4.05. The van der Waals surface area contributed by atoms with Gasteiger partial charge in [0.15, 0.2) is 0 Å². The van der Waals surface area contributed by atoms with Crippen molar-refractivity contribution in [2.75, 3.05) is 24.3 Å². The maximum Gasteiger partial charge on any atom is 0.258 e. The van der Waals surface area contributed by atoms with Crippen LogP contribution in [0.2, 0.25) is 0 Å². The first kappa shape index (κ1) is 16.8. The lowest BCUT2D eigenvalue weighted by molar-refractivity contribution is 0.102. The van der Waals surface area contributed by atoms with Gasteiger partial charge in [-0.15, -0.1) is 0 Å². The number of amides is 1. The average molecular weight is 334 g/mol. The van der Waals surface area contributed by atoms with E-state index in [0.717, 1.165) is 28.2 Å². The zero-order valence-corrected chi connectivity index (χ0v) is 14.9. The Labute approximate surface area is 147 Å². The van der Waals surface area contributed by atoms with Crippen LogP contribution in [-0.4, -0.2) is 29.8 Å². The Kier molecular flexibility index (Phi) is 4.57. The summed E-state index contributed by atoms with van der Waals surface area (Å²) in [5.74, 6) is -0.170. The molecule has 0 fully saturated rings. The van der Waals surface area contributed by atoms with E-state index in [2.05, 4.69) is 10.4 Å². The predicted molar refractivity (Wildman–Crippen MR) is 102 cm³/mol. The molecule has 1 heterocycles. The fraction of sp³-hybridized carbons (Fsp3) is 0.200. The molecule has 1 N–H and O–H groups in total.